The van der Waals surface area contributed by atoms with Crippen LogP contribution in [0, 0.1) is 0 Å². The number of fused-ring (bicyclic) bond motifs is 1. The molecule has 1 atom stereocenters. The number of rotatable bonds is 2. The van der Waals surface area contributed by atoms with Crippen molar-refractivity contribution in [2.75, 3.05) is 18.4 Å². The average molecular weight is 245 g/mol. The number of amides is 2. The monoisotopic (exact) mass is 245 g/mol. The quantitative estimate of drug-likeness (QED) is 0.700. The van der Waals surface area contributed by atoms with Gasteiger partial charge in [0, 0.05) is 23.8 Å². The number of hydrogen-bond donors (Lipinski definition) is 3. The summed E-state index contributed by atoms with van der Waals surface area (Å²) in [5.41, 5.74) is 2.32. The Hall–Kier alpha value is -1.88. The van der Waals surface area contributed by atoms with Crippen LogP contribution in [0.2, 0.25) is 0 Å². The van der Waals surface area contributed by atoms with Crippen LogP contribution in [0.5, 0.6) is 0 Å². The first-order valence-electron chi connectivity index (χ1n) is 6.17. The fraction of sp³-hybridized carbons (Fsp3) is 0.385. The number of carbonyl (C=O) groups excluding carboxylic acids is 2. The lowest BCUT2D eigenvalue weighted by Gasteiger charge is -2.11. The molecule has 1 fully saturated rings. The summed E-state index contributed by atoms with van der Waals surface area (Å²) >= 11 is 0. The minimum atomic E-state index is -0.0763. The molecule has 0 unspecified atom stereocenters. The predicted octanol–water partition coefficient (Wildman–Crippen LogP) is 0.273. The zero-order chi connectivity index (χ0) is 12.5. The summed E-state index contributed by atoms with van der Waals surface area (Å²) in [6.07, 6.45) is 1.37. The van der Waals surface area contributed by atoms with Crippen LogP contribution in [0.25, 0.3) is 0 Å². The SMILES string of the molecule is O=C1Cc2ccc(C(=O)N[C@@H]3CCNC3)cc2N1. The van der Waals surface area contributed by atoms with Crippen molar-refractivity contribution in [1.29, 1.82) is 0 Å². The molecule has 0 aliphatic carbocycles. The molecule has 0 radical (unpaired) electrons. The normalized spacial score (nSPS) is 21.6. The van der Waals surface area contributed by atoms with Gasteiger partial charge >= 0.3 is 0 Å². The molecule has 2 aliphatic rings. The van der Waals surface area contributed by atoms with Crippen LogP contribution in [0.15, 0.2) is 18.2 Å². The van der Waals surface area contributed by atoms with Crippen LogP contribution in [0.1, 0.15) is 22.3 Å². The van der Waals surface area contributed by atoms with Gasteiger partial charge in [0.2, 0.25) is 5.91 Å². The van der Waals surface area contributed by atoms with Crippen molar-refractivity contribution < 1.29 is 9.59 Å². The second-order valence-electron chi connectivity index (χ2n) is 4.76. The highest BCUT2D eigenvalue weighted by Crippen LogP contribution is 2.24. The third-order valence-electron chi connectivity index (χ3n) is 3.39. The number of nitrogens with one attached hydrogen (secondary N) is 3. The highest BCUT2D eigenvalue weighted by atomic mass is 16.2. The van der Waals surface area contributed by atoms with Crippen LogP contribution in [-0.2, 0) is 11.2 Å². The van der Waals surface area contributed by atoms with E-state index in [-0.39, 0.29) is 17.9 Å². The first-order chi connectivity index (χ1) is 8.72. The Morgan fingerprint density at radius 2 is 2.28 bits per heavy atom. The molecule has 2 heterocycles. The van der Waals surface area contributed by atoms with Gasteiger partial charge in [-0.2, -0.15) is 0 Å². The Labute approximate surface area is 105 Å². The maximum absolute atomic E-state index is 12.0. The minimum Gasteiger partial charge on any atom is -0.348 e. The van der Waals surface area contributed by atoms with E-state index in [1.165, 1.54) is 0 Å². The van der Waals surface area contributed by atoms with E-state index < -0.39 is 0 Å². The van der Waals surface area contributed by atoms with Crippen molar-refractivity contribution in [2.45, 2.75) is 18.9 Å². The van der Waals surface area contributed by atoms with Gasteiger partial charge in [0.15, 0.2) is 0 Å². The number of anilines is 1. The van der Waals surface area contributed by atoms with Crippen molar-refractivity contribution in [1.82, 2.24) is 10.6 Å². The van der Waals surface area contributed by atoms with Crippen molar-refractivity contribution in [3.8, 4) is 0 Å². The molecule has 18 heavy (non-hydrogen) atoms. The summed E-state index contributed by atoms with van der Waals surface area (Å²) in [5.74, 6) is -0.0878. The highest BCUT2D eigenvalue weighted by molar-refractivity contribution is 6.02. The van der Waals surface area contributed by atoms with Gasteiger partial charge in [-0.3, -0.25) is 9.59 Å². The summed E-state index contributed by atoms with van der Waals surface area (Å²) in [7, 11) is 0. The third-order valence-corrected chi connectivity index (χ3v) is 3.39. The smallest absolute Gasteiger partial charge is 0.251 e. The van der Waals surface area contributed by atoms with Crippen LogP contribution in [0.4, 0.5) is 5.69 Å². The maximum atomic E-state index is 12.0. The predicted molar refractivity (Wildman–Crippen MR) is 67.5 cm³/mol. The van der Waals surface area contributed by atoms with Gasteiger partial charge in [-0.1, -0.05) is 6.07 Å². The zero-order valence-electron chi connectivity index (χ0n) is 9.95. The molecule has 5 heteroatoms. The van der Waals surface area contributed by atoms with E-state index in [4.69, 9.17) is 0 Å². The molecule has 2 aliphatic heterocycles. The number of benzene rings is 1. The van der Waals surface area contributed by atoms with E-state index in [0.717, 1.165) is 30.8 Å². The fourth-order valence-corrected chi connectivity index (χ4v) is 2.40. The number of hydrogen-bond acceptors (Lipinski definition) is 3. The standard InChI is InChI=1S/C13H15N3O2/c17-12-6-8-1-2-9(5-11(8)16-12)13(18)15-10-3-4-14-7-10/h1-2,5,10,14H,3-4,6-7H2,(H,15,18)(H,16,17)/t10-/m1/s1. The van der Waals surface area contributed by atoms with Gasteiger partial charge in [-0.25, -0.2) is 0 Å². The lowest BCUT2D eigenvalue weighted by atomic mass is 10.1. The Bertz CT molecular complexity index is 507. The minimum absolute atomic E-state index is 0.0115. The van der Waals surface area contributed by atoms with Crippen molar-refractivity contribution in [2.24, 2.45) is 0 Å². The van der Waals surface area contributed by atoms with Crippen LogP contribution >= 0.6 is 0 Å². The van der Waals surface area contributed by atoms with Gasteiger partial charge in [0.25, 0.3) is 5.91 Å². The topological polar surface area (TPSA) is 70.2 Å². The lowest BCUT2D eigenvalue weighted by Crippen LogP contribution is -2.36. The molecule has 1 saturated heterocycles. The van der Waals surface area contributed by atoms with Crippen LogP contribution in [0.3, 0.4) is 0 Å². The Morgan fingerprint density at radius 3 is 3.06 bits per heavy atom. The van der Waals surface area contributed by atoms with Crippen molar-refractivity contribution in [3.63, 3.8) is 0 Å². The molecule has 0 aromatic heterocycles. The second kappa shape index (κ2) is 4.42. The van der Waals surface area contributed by atoms with E-state index in [1.807, 2.05) is 6.07 Å². The maximum Gasteiger partial charge on any atom is 0.251 e. The van der Waals surface area contributed by atoms with E-state index in [9.17, 15) is 9.59 Å². The van der Waals surface area contributed by atoms with Gasteiger partial charge < -0.3 is 16.0 Å². The molecule has 1 aromatic carbocycles. The third kappa shape index (κ3) is 2.09. The average Bonchev–Trinajstić information content (AvgIpc) is 2.95. The summed E-state index contributed by atoms with van der Waals surface area (Å²) < 4.78 is 0. The molecule has 3 N–H and O–H groups in total. The summed E-state index contributed by atoms with van der Waals surface area (Å²) in [5, 5.41) is 8.94. The van der Waals surface area contributed by atoms with Gasteiger partial charge in [-0.05, 0) is 30.7 Å². The molecule has 0 bridgehead atoms. The largest absolute Gasteiger partial charge is 0.348 e. The molecular formula is C13H15N3O2. The van der Waals surface area contributed by atoms with Gasteiger partial charge in [0.05, 0.1) is 6.42 Å². The summed E-state index contributed by atoms with van der Waals surface area (Å²) in [6, 6.07) is 5.57. The zero-order valence-corrected chi connectivity index (χ0v) is 9.95. The van der Waals surface area contributed by atoms with Crippen LogP contribution in [-0.4, -0.2) is 30.9 Å². The molecule has 94 valence electrons. The molecular weight excluding hydrogens is 230 g/mol. The molecule has 2 amide bonds. The van der Waals surface area contributed by atoms with Crippen molar-refractivity contribution >= 4 is 17.5 Å². The Morgan fingerprint density at radius 1 is 1.39 bits per heavy atom. The van der Waals surface area contributed by atoms with E-state index in [2.05, 4.69) is 16.0 Å². The number of carbonyl (C=O) groups is 2. The summed E-state index contributed by atoms with van der Waals surface area (Å²) in [6.45, 7) is 1.78. The Balaban J connectivity index is 1.74. The van der Waals surface area contributed by atoms with E-state index in [1.54, 1.807) is 12.1 Å². The molecule has 0 saturated carbocycles. The van der Waals surface area contributed by atoms with Gasteiger partial charge in [-0.15, -0.1) is 0 Å². The highest BCUT2D eigenvalue weighted by Gasteiger charge is 2.21. The van der Waals surface area contributed by atoms with Gasteiger partial charge in [0.1, 0.15) is 0 Å². The molecule has 3 rings (SSSR count). The molecule has 5 nitrogen and oxygen atoms in total. The lowest BCUT2D eigenvalue weighted by molar-refractivity contribution is -0.115. The Kier molecular flexibility index (Phi) is 2.76. The molecule has 0 spiro atoms. The first-order valence-corrected chi connectivity index (χ1v) is 6.17. The second-order valence-corrected chi connectivity index (χ2v) is 4.76. The molecule has 1 aromatic rings. The summed E-state index contributed by atoms with van der Waals surface area (Å²) in [4.78, 5) is 23.3. The first kappa shape index (κ1) is 11.2. The van der Waals surface area contributed by atoms with Crippen molar-refractivity contribution in [3.05, 3.63) is 29.3 Å². The van der Waals surface area contributed by atoms with E-state index in [0.29, 0.717) is 12.0 Å². The van der Waals surface area contributed by atoms with Crippen LogP contribution < -0.4 is 16.0 Å². The van der Waals surface area contributed by atoms with E-state index >= 15 is 0 Å². The fourth-order valence-electron chi connectivity index (χ4n) is 2.40.